The van der Waals surface area contributed by atoms with Crippen molar-refractivity contribution in [2.75, 3.05) is 11.4 Å². The van der Waals surface area contributed by atoms with Gasteiger partial charge in [-0.2, -0.15) is 5.10 Å². The number of hydrogen-bond donors (Lipinski definition) is 2. The summed E-state index contributed by atoms with van der Waals surface area (Å²) in [4.78, 5) is 19.7. The number of benzene rings is 2. The van der Waals surface area contributed by atoms with E-state index in [0.29, 0.717) is 17.4 Å². The quantitative estimate of drug-likeness (QED) is 0.387. The van der Waals surface area contributed by atoms with Gasteiger partial charge in [-0.15, -0.1) is 5.10 Å². The van der Waals surface area contributed by atoms with Gasteiger partial charge in [0, 0.05) is 17.3 Å². The number of amides is 2. The van der Waals surface area contributed by atoms with E-state index in [1.54, 1.807) is 24.3 Å². The Labute approximate surface area is 203 Å². The number of rotatable bonds is 7. The Morgan fingerprint density at radius 3 is 2.53 bits per heavy atom. The van der Waals surface area contributed by atoms with E-state index in [2.05, 4.69) is 25.6 Å². The SMILES string of the molecule is C[C@@H](N1CC(O)N(c2ccc(-n3cnnn3)cc2)C1=O)[C@](O)(Cn1cncn1)c1ccc(F)cc1F. The molecule has 0 spiro atoms. The number of urea groups is 1. The number of carbonyl (C=O) groups is 1. The molecule has 0 bridgehead atoms. The Morgan fingerprint density at radius 1 is 1.14 bits per heavy atom. The maximum atomic E-state index is 14.9. The zero-order valence-electron chi connectivity index (χ0n) is 18.9. The predicted octanol–water partition coefficient (Wildman–Crippen LogP) is 1.07. The van der Waals surface area contributed by atoms with Crippen molar-refractivity contribution in [2.24, 2.45) is 0 Å². The summed E-state index contributed by atoms with van der Waals surface area (Å²) in [6.07, 6.45) is 2.75. The van der Waals surface area contributed by atoms with E-state index >= 15 is 0 Å². The monoisotopic (exact) mass is 497 g/mol. The molecule has 12 nitrogen and oxygen atoms in total. The van der Waals surface area contributed by atoms with Crippen LogP contribution in [0.3, 0.4) is 0 Å². The molecular weight excluding hydrogens is 476 g/mol. The third-order valence-corrected chi connectivity index (χ3v) is 6.28. The molecular formula is C22H21F2N9O3. The van der Waals surface area contributed by atoms with Gasteiger partial charge in [0.15, 0.2) is 6.23 Å². The first-order valence-corrected chi connectivity index (χ1v) is 10.9. The van der Waals surface area contributed by atoms with Gasteiger partial charge in [-0.1, -0.05) is 6.07 Å². The zero-order chi connectivity index (χ0) is 25.4. The minimum Gasteiger partial charge on any atom is -0.381 e. The van der Waals surface area contributed by atoms with Gasteiger partial charge in [0.05, 0.1) is 24.8 Å². The van der Waals surface area contributed by atoms with Crippen LogP contribution in [0.1, 0.15) is 12.5 Å². The van der Waals surface area contributed by atoms with Gasteiger partial charge in [0.25, 0.3) is 0 Å². The third kappa shape index (κ3) is 4.05. The molecule has 3 atom stereocenters. The second kappa shape index (κ2) is 9.05. The van der Waals surface area contributed by atoms with Crippen molar-refractivity contribution in [3.8, 4) is 5.69 Å². The molecule has 2 aromatic heterocycles. The van der Waals surface area contributed by atoms with Gasteiger partial charge in [-0.05, 0) is 47.7 Å². The predicted molar refractivity (Wildman–Crippen MR) is 119 cm³/mol. The van der Waals surface area contributed by atoms with E-state index in [9.17, 15) is 23.8 Å². The molecule has 0 radical (unpaired) electrons. The molecule has 36 heavy (non-hydrogen) atoms. The van der Waals surface area contributed by atoms with Gasteiger partial charge in [0.1, 0.15) is 36.2 Å². The number of tetrazole rings is 1. The van der Waals surface area contributed by atoms with Crippen LogP contribution < -0.4 is 4.90 Å². The second-order valence-electron chi connectivity index (χ2n) is 8.37. The summed E-state index contributed by atoms with van der Waals surface area (Å²) in [6, 6.07) is 7.73. The number of halogens is 2. The highest BCUT2D eigenvalue weighted by molar-refractivity contribution is 5.95. The molecule has 14 heteroatoms. The number of aliphatic hydroxyl groups excluding tert-OH is 1. The minimum absolute atomic E-state index is 0.169. The summed E-state index contributed by atoms with van der Waals surface area (Å²) in [7, 11) is 0. The van der Waals surface area contributed by atoms with Gasteiger partial charge in [-0.3, -0.25) is 4.90 Å². The highest BCUT2D eigenvalue weighted by Crippen LogP contribution is 2.36. The van der Waals surface area contributed by atoms with Crippen molar-refractivity contribution in [1.82, 2.24) is 39.9 Å². The van der Waals surface area contributed by atoms with Crippen LogP contribution in [0, 0.1) is 11.6 Å². The molecule has 2 aromatic carbocycles. The molecule has 2 amide bonds. The van der Waals surface area contributed by atoms with Crippen LogP contribution in [0.15, 0.2) is 61.4 Å². The third-order valence-electron chi connectivity index (χ3n) is 6.28. The smallest absolute Gasteiger partial charge is 0.327 e. The summed E-state index contributed by atoms with van der Waals surface area (Å²) in [5.74, 6) is -1.79. The highest BCUT2D eigenvalue weighted by Gasteiger charge is 2.48. The van der Waals surface area contributed by atoms with Crippen LogP contribution in [-0.2, 0) is 12.1 Å². The van der Waals surface area contributed by atoms with Crippen molar-refractivity contribution in [3.05, 3.63) is 78.6 Å². The van der Waals surface area contributed by atoms with E-state index in [1.807, 2.05) is 0 Å². The van der Waals surface area contributed by atoms with Crippen LogP contribution in [0.4, 0.5) is 19.3 Å². The van der Waals surface area contributed by atoms with Gasteiger partial charge in [0.2, 0.25) is 0 Å². The van der Waals surface area contributed by atoms with Crippen molar-refractivity contribution in [3.63, 3.8) is 0 Å². The van der Waals surface area contributed by atoms with Crippen molar-refractivity contribution in [1.29, 1.82) is 0 Å². The number of hydrogen-bond acceptors (Lipinski definition) is 8. The Hall–Kier alpha value is -4.30. The Bertz CT molecular complexity index is 1350. The molecule has 3 heterocycles. The average Bonchev–Trinajstić information content (AvgIpc) is 3.61. The van der Waals surface area contributed by atoms with Crippen LogP contribution in [-0.4, -0.2) is 74.9 Å². The average molecular weight is 497 g/mol. The number of aromatic nitrogens is 7. The van der Waals surface area contributed by atoms with Crippen LogP contribution in [0.25, 0.3) is 5.69 Å². The first kappa shape index (κ1) is 23.4. The number of anilines is 1. The van der Waals surface area contributed by atoms with Crippen molar-refractivity contribution >= 4 is 11.7 Å². The fourth-order valence-corrected chi connectivity index (χ4v) is 4.36. The van der Waals surface area contributed by atoms with E-state index in [0.717, 1.165) is 17.0 Å². The zero-order valence-corrected chi connectivity index (χ0v) is 18.9. The second-order valence-corrected chi connectivity index (χ2v) is 8.37. The number of β-amino-alcohol motifs (C(OH)–C–C–N with tert-alkyl or cyclic N) is 1. The lowest BCUT2D eigenvalue weighted by molar-refractivity contribution is -0.0506. The van der Waals surface area contributed by atoms with Crippen LogP contribution >= 0.6 is 0 Å². The molecule has 0 aliphatic carbocycles. The fraction of sp³-hybridized carbons (Fsp3) is 0.273. The lowest BCUT2D eigenvalue weighted by Crippen LogP contribution is -2.53. The molecule has 5 rings (SSSR count). The normalized spacial score (nSPS) is 18.5. The highest BCUT2D eigenvalue weighted by atomic mass is 19.1. The summed E-state index contributed by atoms with van der Waals surface area (Å²) in [5, 5.41) is 37.5. The van der Waals surface area contributed by atoms with E-state index in [4.69, 9.17) is 0 Å². The summed E-state index contributed by atoms with van der Waals surface area (Å²) in [5.41, 5.74) is -1.23. The largest absolute Gasteiger partial charge is 0.381 e. The molecule has 2 N–H and O–H groups in total. The topological polar surface area (TPSA) is 138 Å². The molecule has 186 valence electrons. The Balaban J connectivity index is 1.46. The van der Waals surface area contributed by atoms with Crippen LogP contribution in [0.2, 0.25) is 0 Å². The van der Waals surface area contributed by atoms with Gasteiger partial charge < -0.3 is 15.1 Å². The molecule has 1 unspecified atom stereocenters. The number of nitrogens with zero attached hydrogens (tertiary/aromatic N) is 9. The van der Waals surface area contributed by atoms with Crippen molar-refractivity contribution < 1.29 is 23.8 Å². The number of aliphatic hydroxyl groups is 2. The van der Waals surface area contributed by atoms with Crippen LogP contribution in [0.5, 0.6) is 0 Å². The first-order chi connectivity index (χ1) is 17.3. The van der Waals surface area contributed by atoms with E-state index in [-0.39, 0.29) is 18.7 Å². The first-order valence-electron chi connectivity index (χ1n) is 10.9. The van der Waals surface area contributed by atoms with E-state index in [1.165, 1.54) is 40.2 Å². The Morgan fingerprint density at radius 2 is 1.89 bits per heavy atom. The molecule has 4 aromatic rings. The molecule has 1 fully saturated rings. The maximum absolute atomic E-state index is 14.9. The lowest BCUT2D eigenvalue weighted by atomic mass is 9.85. The maximum Gasteiger partial charge on any atom is 0.327 e. The number of carbonyl (C=O) groups excluding carboxylic acids is 1. The Kier molecular flexibility index (Phi) is 5.89. The summed E-state index contributed by atoms with van der Waals surface area (Å²) >= 11 is 0. The molecule has 1 aliphatic rings. The summed E-state index contributed by atoms with van der Waals surface area (Å²) < 4.78 is 31.2. The van der Waals surface area contributed by atoms with Crippen molar-refractivity contribution in [2.45, 2.75) is 31.3 Å². The summed E-state index contributed by atoms with van der Waals surface area (Å²) in [6.45, 7) is 1.07. The molecule has 1 aliphatic heterocycles. The molecule has 1 saturated heterocycles. The minimum atomic E-state index is -2.04. The van der Waals surface area contributed by atoms with Gasteiger partial charge >= 0.3 is 6.03 Å². The lowest BCUT2D eigenvalue weighted by Gasteiger charge is -2.39. The fourth-order valence-electron chi connectivity index (χ4n) is 4.36. The molecule has 0 saturated carbocycles. The van der Waals surface area contributed by atoms with E-state index < -0.39 is 35.5 Å². The standard InChI is InChI=1S/C22H21F2N9O3/c1-14(22(36,10-30-12-25-11-27-30)18-7-2-15(23)8-19(18)24)31-9-20(34)33(21(31)35)17-5-3-16(4-6-17)32-13-26-28-29-32/h2-8,11-14,20,34,36H,9-10H2,1H3/t14-,20?,22-/m1/s1. The van der Waals surface area contributed by atoms with Gasteiger partial charge in [-0.25, -0.2) is 27.9 Å².